The molecule has 1 atom stereocenters. The van der Waals surface area contributed by atoms with Gasteiger partial charge in [0, 0.05) is 23.8 Å². The van der Waals surface area contributed by atoms with Gasteiger partial charge >= 0.3 is 0 Å². The van der Waals surface area contributed by atoms with Crippen molar-refractivity contribution in [1.82, 2.24) is 0 Å². The number of thioether (sulfide) groups is 2. The summed E-state index contributed by atoms with van der Waals surface area (Å²) < 4.78 is 0.0328. The summed E-state index contributed by atoms with van der Waals surface area (Å²) in [6.45, 7) is 5.94. The van der Waals surface area contributed by atoms with E-state index in [2.05, 4.69) is 6.92 Å². The Bertz CT molecular complexity index is 270. The highest BCUT2D eigenvalue weighted by molar-refractivity contribution is 8.21. The number of carbonyl (C=O) groups excluding carboxylic acids is 2. The maximum absolute atomic E-state index is 12.0. The fourth-order valence-corrected chi connectivity index (χ4v) is 5.31. The summed E-state index contributed by atoms with van der Waals surface area (Å²) in [6, 6.07) is 0. The van der Waals surface area contributed by atoms with Crippen LogP contribution in [-0.4, -0.2) is 27.2 Å². The highest BCUT2D eigenvalue weighted by atomic mass is 32.2. The van der Waals surface area contributed by atoms with Gasteiger partial charge in [0.15, 0.2) is 0 Å². The molecule has 1 rings (SSSR count). The van der Waals surface area contributed by atoms with Crippen molar-refractivity contribution in [2.24, 2.45) is 5.92 Å². The average molecular weight is 260 g/mol. The SMILES string of the molecule is CCC(=O)CC(=O)C(C)C1(CC)SCCS1. The van der Waals surface area contributed by atoms with Gasteiger partial charge in [-0.3, -0.25) is 9.59 Å². The van der Waals surface area contributed by atoms with Crippen LogP contribution in [0.5, 0.6) is 0 Å². The van der Waals surface area contributed by atoms with Crippen LogP contribution in [0.2, 0.25) is 0 Å². The van der Waals surface area contributed by atoms with E-state index in [0.717, 1.165) is 17.9 Å². The number of rotatable bonds is 6. The summed E-state index contributed by atoms with van der Waals surface area (Å²) in [6.07, 6.45) is 1.59. The molecule has 4 heteroatoms. The highest BCUT2D eigenvalue weighted by Gasteiger charge is 2.42. The van der Waals surface area contributed by atoms with Crippen molar-refractivity contribution in [3.63, 3.8) is 0 Å². The predicted octanol–water partition coefficient (Wildman–Crippen LogP) is 3.15. The van der Waals surface area contributed by atoms with Gasteiger partial charge in [0.05, 0.1) is 10.5 Å². The van der Waals surface area contributed by atoms with E-state index in [0.29, 0.717) is 6.42 Å². The Balaban J connectivity index is 2.64. The molecule has 0 radical (unpaired) electrons. The molecular formula is C12H20O2S2. The second-order valence-corrected chi connectivity index (χ2v) is 7.23. The Kier molecular flexibility index (Phi) is 5.38. The predicted molar refractivity (Wildman–Crippen MR) is 72.0 cm³/mol. The third-order valence-electron chi connectivity index (χ3n) is 3.18. The van der Waals surface area contributed by atoms with Crippen LogP contribution in [0.4, 0.5) is 0 Å². The molecule has 1 aliphatic heterocycles. The molecule has 0 aromatic rings. The van der Waals surface area contributed by atoms with Gasteiger partial charge in [0.2, 0.25) is 0 Å². The summed E-state index contributed by atoms with van der Waals surface area (Å²) >= 11 is 3.78. The van der Waals surface area contributed by atoms with Gasteiger partial charge in [0.1, 0.15) is 11.6 Å². The van der Waals surface area contributed by atoms with Crippen LogP contribution < -0.4 is 0 Å². The first-order valence-corrected chi connectivity index (χ1v) is 7.85. The molecule has 0 bridgehead atoms. The van der Waals surface area contributed by atoms with Crippen LogP contribution in [-0.2, 0) is 9.59 Å². The minimum absolute atomic E-state index is 0.00880. The lowest BCUT2D eigenvalue weighted by atomic mass is 9.95. The van der Waals surface area contributed by atoms with Crippen molar-refractivity contribution in [1.29, 1.82) is 0 Å². The van der Waals surface area contributed by atoms with Crippen molar-refractivity contribution in [3.8, 4) is 0 Å². The average Bonchev–Trinajstić information content (AvgIpc) is 2.77. The molecule has 0 spiro atoms. The Labute approximate surface area is 106 Å². The summed E-state index contributed by atoms with van der Waals surface area (Å²) in [5, 5.41) is 0. The lowest BCUT2D eigenvalue weighted by molar-refractivity contribution is -0.129. The first-order valence-electron chi connectivity index (χ1n) is 5.88. The first kappa shape index (κ1) is 14.1. The van der Waals surface area contributed by atoms with E-state index in [-0.39, 0.29) is 28.0 Å². The van der Waals surface area contributed by atoms with Crippen LogP contribution in [0.25, 0.3) is 0 Å². The second-order valence-electron chi connectivity index (χ2n) is 4.12. The van der Waals surface area contributed by atoms with E-state index < -0.39 is 0 Å². The Morgan fingerprint density at radius 1 is 1.25 bits per heavy atom. The molecule has 1 unspecified atom stereocenters. The number of hydrogen-bond donors (Lipinski definition) is 0. The quantitative estimate of drug-likeness (QED) is 0.687. The first-order chi connectivity index (χ1) is 7.55. The Morgan fingerprint density at radius 3 is 2.25 bits per heavy atom. The van der Waals surface area contributed by atoms with Crippen LogP contribution in [0.15, 0.2) is 0 Å². The fourth-order valence-electron chi connectivity index (χ4n) is 1.95. The molecule has 1 saturated heterocycles. The third kappa shape index (κ3) is 3.04. The van der Waals surface area contributed by atoms with Crippen LogP contribution in [0.1, 0.15) is 40.0 Å². The molecule has 0 N–H and O–H groups in total. The molecule has 1 fully saturated rings. The van der Waals surface area contributed by atoms with E-state index >= 15 is 0 Å². The third-order valence-corrected chi connectivity index (χ3v) is 7.22. The number of Topliss-reactive ketones (excluding diaryl/α,β-unsaturated/α-hetero) is 2. The van der Waals surface area contributed by atoms with E-state index in [1.54, 1.807) is 0 Å². The molecule has 0 aliphatic carbocycles. The Hall–Kier alpha value is 0.0400. The van der Waals surface area contributed by atoms with E-state index in [4.69, 9.17) is 0 Å². The molecule has 0 aromatic heterocycles. The van der Waals surface area contributed by atoms with Crippen molar-refractivity contribution >= 4 is 35.1 Å². The summed E-state index contributed by atoms with van der Waals surface area (Å²) in [5.74, 6) is 2.42. The molecule has 0 aromatic carbocycles. The lowest BCUT2D eigenvalue weighted by Gasteiger charge is -2.31. The zero-order valence-electron chi connectivity index (χ0n) is 10.2. The molecule has 0 saturated carbocycles. The summed E-state index contributed by atoms with van der Waals surface area (Å²) in [7, 11) is 0. The van der Waals surface area contributed by atoms with Crippen molar-refractivity contribution in [2.45, 2.75) is 44.1 Å². The molecule has 0 amide bonds. The maximum Gasteiger partial charge on any atom is 0.145 e. The number of hydrogen-bond acceptors (Lipinski definition) is 4. The van der Waals surface area contributed by atoms with Gasteiger partial charge in [-0.05, 0) is 6.42 Å². The minimum Gasteiger partial charge on any atom is -0.299 e. The number of carbonyl (C=O) groups is 2. The zero-order valence-corrected chi connectivity index (χ0v) is 11.9. The van der Waals surface area contributed by atoms with Gasteiger partial charge < -0.3 is 0 Å². The van der Waals surface area contributed by atoms with Gasteiger partial charge in [-0.15, -0.1) is 23.5 Å². The van der Waals surface area contributed by atoms with Crippen LogP contribution in [0.3, 0.4) is 0 Å². The van der Waals surface area contributed by atoms with Gasteiger partial charge in [-0.2, -0.15) is 0 Å². The van der Waals surface area contributed by atoms with Crippen LogP contribution >= 0.6 is 23.5 Å². The molecule has 1 aliphatic rings. The normalized spacial score (nSPS) is 20.7. The van der Waals surface area contributed by atoms with Crippen molar-refractivity contribution < 1.29 is 9.59 Å². The van der Waals surface area contributed by atoms with Crippen molar-refractivity contribution in [3.05, 3.63) is 0 Å². The molecular weight excluding hydrogens is 240 g/mol. The second kappa shape index (κ2) is 6.10. The van der Waals surface area contributed by atoms with E-state index in [1.807, 2.05) is 37.4 Å². The standard InChI is InChI=1S/C12H20O2S2/c1-4-10(13)8-11(14)9(3)12(5-2)15-6-7-16-12/h9H,4-8H2,1-3H3. The van der Waals surface area contributed by atoms with Gasteiger partial charge in [-0.25, -0.2) is 0 Å². The lowest BCUT2D eigenvalue weighted by Crippen LogP contribution is -2.33. The molecule has 16 heavy (non-hydrogen) atoms. The zero-order chi connectivity index (χ0) is 12.2. The van der Waals surface area contributed by atoms with Crippen LogP contribution in [0, 0.1) is 5.92 Å². The molecule has 1 heterocycles. The number of ketones is 2. The van der Waals surface area contributed by atoms with Gasteiger partial charge in [-0.1, -0.05) is 20.8 Å². The van der Waals surface area contributed by atoms with E-state index in [1.165, 1.54) is 0 Å². The molecule has 2 nitrogen and oxygen atoms in total. The summed E-state index contributed by atoms with van der Waals surface area (Å²) in [5.41, 5.74) is 0. The maximum atomic E-state index is 12.0. The van der Waals surface area contributed by atoms with Gasteiger partial charge in [0.25, 0.3) is 0 Å². The monoisotopic (exact) mass is 260 g/mol. The highest BCUT2D eigenvalue weighted by Crippen LogP contribution is 2.51. The largest absolute Gasteiger partial charge is 0.299 e. The van der Waals surface area contributed by atoms with Crippen molar-refractivity contribution in [2.75, 3.05) is 11.5 Å². The van der Waals surface area contributed by atoms with E-state index in [9.17, 15) is 9.59 Å². The Morgan fingerprint density at radius 2 is 1.81 bits per heavy atom. The minimum atomic E-state index is -0.00880. The topological polar surface area (TPSA) is 34.1 Å². The molecule has 92 valence electrons. The fraction of sp³-hybridized carbons (Fsp3) is 0.833. The smallest absolute Gasteiger partial charge is 0.145 e. The summed E-state index contributed by atoms with van der Waals surface area (Å²) in [4.78, 5) is 23.3.